The third-order valence-electron chi connectivity index (χ3n) is 2.38. The molecule has 0 fully saturated rings. The number of carbonyl (C=O) groups excluding carboxylic acids is 1. The molecule has 0 radical (unpaired) electrons. The molecular formula is C14H13FN2OS. The molecule has 0 unspecified atom stereocenters. The second-order valence-electron chi connectivity index (χ2n) is 3.91. The Morgan fingerprint density at radius 1 is 1.11 bits per heavy atom. The molecule has 3 nitrogen and oxygen atoms in total. The first-order valence-electron chi connectivity index (χ1n) is 5.67. The van der Waals surface area contributed by atoms with Crippen LogP contribution in [-0.2, 0) is 4.79 Å². The van der Waals surface area contributed by atoms with Gasteiger partial charge in [-0.3, -0.25) is 4.79 Å². The van der Waals surface area contributed by atoms with Crippen LogP contribution < -0.4 is 11.1 Å². The highest BCUT2D eigenvalue weighted by Crippen LogP contribution is 2.19. The molecule has 98 valence electrons. The van der Waals surface area contributed by atoms with Crippen molar-refractivity contribution in [2.75, 3.05) is 16.8 Å². The van der Waals surface area contributed by atoms with E-state index in [0.29, 0.717) is 17.1 Å². The van der Waals surface area contributed by atoms with Gasteiger partial charge in [-0.15, -0.1) is 11.8 Å². The summed E-state index contributed by atoms with van der Waals surface area (Å²) in [5.41, 5.74) is 6.86. The molecule has 2 rings (SSSR count). The maximum absolute atomic E-state index is 12.7. The van der Waals surface area contributed by atoms with Gasteiger partial charge in [0.25, 0.3) is 0 Å². The van der Waals surface area contributed by atoms with E-state index < -0.39 is 0 Å². The molecule has 3 N–H and O–H groups in total. The molecule has 0 aliphatic carbocycles. The largest absolute Gasteiger partial charge is 0.399 e. The molecule has 2 aromatic rings. The van der Waals surface area contributed by atoms with Crippen molar-refractivity contribution in [3.05, 3.63) is 54.3 Å². The van der Waals surface area contributed by atoms with Crippen LogP contribution in [0, 0.1) is 5.82 Å². The van der Waals surface area contributed by atoms with Crippen LogP contribution in [0.1, 0.15) is 0 Å². The van der Waals surface area contributed by atoms with Gasteiger partial charge in [0.2, 0.25) is 5.91 Å². The zero-order valence-electron chi connectivity index (χ0n) is 10.1. The molecule has 0 atom stereocenters. The van der Waals surface area contributed by atoms with E-state index in [0.717, 1.165) is 4.90 Å². The van der Waals surface area contributed by atoms with Crippen molar-refractivity contribution in [3.8, 4) is 0 Å². The molecule has 0 aliphatic rings. The quantitative estimate of drug-likeness (QED) is 0.666. The Morgan fingerprint density at radius 2 is 1.74 bits per heavy atom. The van der Waals surface area contributed by atoms with Crippen LogP contribution in [0.4, 0.5) is 15.8 Å². The maximum atomic E-state index is 12.7. The van der Waals surface area contributed by atoms with E-state index in [4.69, 9.17) is 5.73 Å². The van der Waals surface area contributed by atoms with Gasteiger partial charge in [-0.05, 0) is 48.5 Å². The number of hydrogen-bond donors (Lipinski definition) is 2. The van der Waals surface area contributed by atoms with Crippen molar-refractivity contribution < 1.29 is 9.18 Å². The smallest absolute Gasteiger partial charge is 0.234 e. The number of thioether (sulfide) groups is 1. The van der Waals surface area contributed by atoms with Crippen molar-refractivity contribution in [1.82, 2.24) is 0 Å². The Bertz CT molecular complexity index is 555. The van der Waals surface area contributed by atoms with Crippen LogP contribution in [-0.4, -0.2) is 11.7 Å². The van der Waals surface area contributed by atoms with Crippen molar-refractivity contribution >= 4 is 29.0 Å². The molecule has 0 bridgehead atoms. The highest BCUT2D eigenvalue weighted by Gasteiger charge is 2.03. The van der Waals surface area contributed by atoms with Crippen molar-refractivity contribution in [2.24, 2.45) is 0 Å². The standard InChI is InChI=1S/C14H13FN2OS/c15-10-1-5-12(6-2-10)17-14(18)9-19-13-7-3-11(16)4-8-13/h1-8H,9,16H2,(H,17,18). The van der Waals surface area contributed by atoms with Crippen molar-refractivity contribution in [1.29, 1.82) is 0 Å². The summed E-state index contributed by atoms with van der Waals surface area (Å²) in [7, 11) is 0. The van der Waals surface area contributed by atoms with Crippen LogP contribution in [0.5, 0.6) is 0 Å². The summed E-state index contributed by atoms with van der Waals surface area (Å²) in [6.07, 6.45) is 0. The second kappa shape index (κ2) is 6.24. The zero-order valence-corrected chi connectivity index (χ0v) is 10.9. The van der Waals surface area contributed by atoms with Crippen LogP contribution in [0.2, 0.25) is 0 Å². The first kappa shape index (κ1) is 13.4. The number of carbonyl (C=O) groups is 1. The number of anilines is 2. The minimum absolute atomic E-state index is 0.131. The topological polar surface area (TPSA) is 55.1 Å². The highest BCUT2D eigenvalue weighted by molar-refractivity contribution is 8.00. The first-order valence-corrected chi connectivity index (χ1v) is 6.66. The molecule has 0 saturated carbocycles. The minimum Gasteiger partial charge on any atom is -0.399 e. The molecule has 2 aromatic carbocycles. The Hall–Kier alpha value is -2.01. The van der Waals surface area contributed by atoms with E-state index in [1.165, 1.54) is 36.0 Å². The van der Waals surface area contributed by atoms with Gasteiger partial charge in [-0.25, -0.2) is 4.39 Å². The summed E-state index contributed by atoms with van der Waals surface area (Å²) >= 11 is 1.42. The predicted molar refractivity (Wildman–Crippen MR) is 76.6 cm³/mol. The fourth-order valence-electron chi connectivity index (χ4n) is 1.44. The van der Waals surface area contributed by atoms with Gasteiger partial charge < -0.3 is 11.1 Å². The second-order valence-corrected chi connectivity index (χ2v) is 4.96. The summed E-state index contributed by atoms with van der Waals surface area (Å²) in [6, 6.07) is 13.0. The normalized spacial score (nSPS) is 10.2. The fraction of sp³-hybridized carbons (Fsp3) is 0.0714. The van der Waals surface area contributed by atoms with Gasteiger partial charge in [0, 0.05) is 16.3 Å². The van der Waals surface area contributed by atoms with Crippen LogP contribution in [0.15, 0.2) is 53.4 Å². The predicted octanol–water partition coefficient (Wildman–Crippen LogP) is 3.14. The number of benzene rings is 2. The van der Waals surface area contributed by atoms with Crippen LogP contribution in [0.3, 0.4) is 0 Å². The first-order chi connectivity index (χ1) is 9.13. The van der Waals surface area contributed by atoms with E-state index in [9.17, 15) is 9.18 Å². The van der Waals surface area contributed by atoms with Crippen molar-refractivity contribution in [3.63, 3.8) is 0 Å². The lowest BCUT2D eigenvalue weighted by Gasteiger charge is -2.05. The lowest BCUT2D eigenvalue weighted by atomic mass is 10.3. The number of nitrogens with one attached hydrogen (secondary N) is 1. The van der Waals surface area contributed by atoms with E-state index in [2.05, 4.69) is 5.32 Å². The van der Waals surface area contributed by atoms with Crippen LogP contribution in [0.25, 0.3) is 0 Å². The summed E-state index contributed by atoms with van der Waals surface area (Å²) in [5.74, 6) is -0.163. The molecule has 1 amide bonds. The molecular weight excluding hydrogens is 263 g/mol. The number of nitrogens with two attached hydrogens (primary N) is 1. The average molecular weight is 276 g/mol. The Balaban J connectivity index is 1.84. The van der Waals surface area contributed by atoms with E-state index in [1.54, 1.807) is 12.1 Å². The van der Waals surface area contributed by atoms with Gasteiger partial charge in [0.1, 0.15) is 5.82 Å². The van der Waals surface area contributed by atoms with Gasteiger partial charge in [0.15, 0.2) is 0 Å². The molecule has 0 aromatic heterocycles. The highest BCUT2D eigenvalue weighted by atomic mass is 32.2. The van der Waals surface area contributed by atoms with E-state index in [1.807, 2.05) is 12.1 Å². The fourth-order valence-corrected chi connectivity index (χ4v) is 2.14. The average Bonchev–Trinajstić information content (AvgIpc) is 2.41. The van der Waals surface area contributed by atoms with Gasteiger partial charge in [0.05, 0.1) is 5.75 Å². The Morgan fingerprint density at radius 3 is 2.37 bits per heavy atom. The number of nitrogen functional groups attached to an aromatic ring is 1. The van der Waals surface area contributed by atoms with Gasteiger partial charge >= 0.3 is 0 Å². The molecule has 0 aliphatic heterocycles. The number of halogens is 1. The molecule has 19 heavy (non-hydrogen) atoms. The zero-order chi connectivity index (χ0) is 13.7. The van der Waals surface area contributed by atoms with E-state index in [-0.39, 0.29) is 11.7 Å². The SMILES string of the molecule is Nc1ccc(SCC(=O)Nc2ccc(F)cc2)cc1. The summed E-state index contributed by atoms with van der Waals surface area (Å²) in [5, 5.41) is 2.70. The van der Waals surface area contributed by atoms with Crippen LogP contribution >= 0.6 is 11.8 Å². The van der Waals surface area contributed by atoms with E-state index >= 15 is 0 Å². The number of amides is 1. The third kappa shape index (κ3) is 4.30. The maximum Gasteiger partial charge on any atom is 0.234 e. The molecule has 0 heterocycles. The van der Waals surface area contributed by atoms with Gasteiger partial charge in [-0.2, -0.15) is 0 Å². The lowest BCUT2D eigenvalue weighted by Crippen LogP contribution is -2.13. The third-order valence-corrected chi connectivity index (χ3v) is 3.39. The Kier molecular flexibility index (Phi) is 4.41. The number of hydrogen-bond acceptors (Lipinski definition) is 3. The molecule has 5 heteroatoms. The van der Waals surface area contributed by atoms with Gasteiger partial charge in [-0.1, -0.05) is 0 Å². The lowest BCUT2D eigenvalue weighted by molar-refractivity contribution is -0.113. The Labute approximate surface area is 115 Å². The summed E-state index contributed by atoms with van der Waals surface area (Å²) in [6.45, 7) is 0. The summed E-state index contributed by atoms with van der Waals surface area (Å²) in [4.78, 5) is 12.7. The van der Waals surface area contributed by atoms with Crippen molar-refractivity contribution in [2.45, 2.75) is 4.90 Å². The molecule has 0 saturated heterocycles. The summed E-state index contributed by atoms with van der Waals surface area (Å²) < 4.78 is 12.7. The monoisotopic (exact) mass is 276 g/mol. The number of rotatable bonds is 4. The minimum atomic E-state index is -0.325. The molecule has 0 spiro atoms.